The first kappa shape index (κ1) is 8.33. The number of nitrogens with zero attached hydrogens (tertiary/aromatic N) is 2. The lowest BCUT2D eigenvalue weighted by Crippen LogP contribution is -2.00. The van der Waals surface area contributed by atoms with Crippen molar-refractivity contribution in [2.45, 2.75) is 5.03 Å². The molecule has 0 aromatic carbocycles. The lowest BCUT2D eigenvalue weighted by Gasteiger charge is -2.22. The van der Waals surface area contributed by atoms with E-state index in [9.17, 15) is 0 Å². The van der Waals surface area contributed by atoms with Crippen LogP contribution in [0.5, 0.6) is 0 Å². The van der Waals surface area contributed by atoms with Crippen molar-refractivity contribution < 1.29 is 0 Å². The van der Waals surface area contributed by atoms with Gasteiger partial charge in [0, 0.05) is 0 Å². The second-order valence-electron chi connectivity index (χ2n) is 3.13. The van der Waals surface area contributed by atoms with Gasteiger partial charge in [0.2, 0.25) is 0 Å². The summed E-state index contributed by atoms with van der Waals surface area (Å²) in [5.74, 6) is 0.484. The summed E-state index contributed by atoms with van der Waals surface area (Å²) in [7, 11) is -0.749. The van der Waals surface area contributed by atoms with E-state index in [4.69, 9.17) is 5.73 Å². The van der Waals surface area contributed by atoms with E-state index < -0.39 is 10.0 Å². The van der Waals surface area contributed by atoms with E-state index in [2.05, 4.69) is 29.0 Å². The molecule has 0 bridgehead atoms. The van der Waals surface area contributed by atoms with Gasteiger partial charge >= 0.3 is 0 Å². The van der Waals surface area contributed by atoms with Crippen molar-refractivity contribution in [3.8, 4) is 0 Å². The molecule has 1 aromatic rings. The monoisotopic (exact) mass is 171 g/mol. The maximum atomic E-state index is 5.41. The fourth-order valence-corrected chi connectivity index (χ4v) is 1.42. The molecule has 0 aliphatic carbocycles. The highest BCUT2D eigenvalue weighted by Crippen LogP contribution is 2.42. The average molecular weight is 171 g/mol. The molecule has 0 aliphatic heterocycles. The Hall–Kier alpha value is -0.770. The van der Waals surface area contributed by atoms with Gasteiger partial charge in [0.15, 0.2) is 0 Å². The van der Waals surface area contributed by atoms with Crippen molar-refractivity contribution in [3.05, 3.63) is 12.1 Å². The van der Waals surface area contributed by atoms with Crippen LogP contribution in [0.3, 0.4) is 0 Å². The Balaban J connectivity index is 2.99. The summed E-state index contributed by atoms with van der Waals surface area (Å²) in [4.78, 5) is 0. The molecule has 62 valence electrons. The van der Waals surface area contributed by atoms with Crippen LogP contribution in [-0.4, -0.2) is 29.0 Å². The van der Waals surface area contributed by atoms with Crippen molar-refractivity contribution in [1.29, 1.82) is 0 Å². The third-order valence-corrected chi connectivity index (χ3v) is 2.76. The minimum atomic E-state index is -0.749. The Bertz CT molecular complexity index is 237. The van der Waals surface area contributed by atoms with Crippen LogP contribution in [0.2, 0.25) is 0 Å². The van der Waals surface area contributed by atoms with Gasteiger partial charge in [0.05, 0.1) is 0 Å². The number of aromatic nitrogens is 2. The van der Waals surface area contributed by atoms with Gasteiger partial charge < -0.3 is 5.73 Å². The lowest BCUT2D eigenvalue weighted by atomic mass is 10.5. The van der Waals surface area contributed by atoms with Gasteiger partial charge in [-0.1, -0.05) is 0 Å². The van der Waals surface area contributed by atoms with Crippen molar-refractivity contribution in [3.63, 3.8) is 0 Å². The molecular weight excluding hydrogens is 158 g/mol. The predicted molar refractivity (Wildman–Crippen MR) is 50.1 cm³/mol. The van der Waals surface area contributed by atoms with E-state index in [1.165, 1.54) is 0 Å². The Morgan fingerprint density at radius 3 is 2.18 bits per heavy atom. The summed E-state index contributed by atoms with van der Waals surface area (Å²) >= 11 is 0. The maximum absolute atomic E-state index is 5.41. The van der Waals surface area contributed by atoms with Crippen LogP contribution in [0.1, 0.15) is 0 Å². The summed E-state index contributed by atoms with van der Waals surface area (Å²) < 4.78 is 0. The highest BCUT2D eigenvalue weighted by atomic mass is 32.3. The molecule has 1 rings (SSSR count). The van der Waals surface area contributed by atoms with E-state index >= 15 is 0 Å². The van der Waals surface area contributed by atoms with Gasteiger partial charge in [0.25, 0.3) is 0 Å². The third-order valence-electron chi connectivity index (χ3n) is 1.29. The van der Waals surface area contributed by atoms with Crippen LogP contribution >= 0.6 is 10.0 Å². The number of anilines is 1. The molecule has 1 aromatic heterocycles. The number of hydrogen-bond acceptors (Lipinski definition) is 3. The normalized spacial score (nSPS) is 13.0. The highest BCUT2D eigenvalue weighted by molar-refractivity contribution is 8.32. The number of nitrogen functional groups attached to an aromatic ring is 1. The second kappa shape index (κ2) is 2.70. The Morgan fingerprint density at radius 1 is 1.18 bits per heavy atom. The molecule has 0 radical (unpaired) electrons. The van der Waals surface area contributed by atoms with Crippen LogP contribution in [0, 0.1) is 0 Å². The van der Waals surface area contributed by atoms with Crippen molar-refractivity contribution >= 4 is 15.8 Å². The Morgan fingerprint density at radius 2 is 1.82 bits per heavy atom. The smallest absolute Gasteiger partial charge is 0.146 e. The summed E-state index contributed by atoms with van der Waals surface area (Å²) in [6.45, 7) is 0. The summed E-state index contributed by atoms with van der Waals surface area (Å²) in [5.41, 5.74) is 5.41. The van der Waals surface area contributed by atoms with Gasteiger partial charge in [-0.25, -0.2) is 10.0 Å². The minimum Gasteiger partial charge on any atom is -0.382 e. The first-order chi connectivity index (χ1) is 5.00. The molecule has 0 unspecified atom stereocenters. The maximum Gasteiger partial charge on any atom is 0.146 e. The van der Waals surface area contributed by atoms with Gasteiger partial charge in [0.1, 0.15) is 10.8 Å². The Labute approximate surface area is 68.3 Å². The topological polar surface area (TPSA) is 51.8 Å². The SMILES string of the molecule is CS(C)(C)c1ccc(N)nn1. The molecule has 0 saturated heterocycles. The summed E-state index contributed by atoms with van der Waals surface area (Å²) in [6.07, 6.45) is 6.52. The van der Waals surface area contributed by atoms with Gasteiger partial charge in [-0.15, -0.1) is 10.2 Å². The number of hydrogen-bond donors (Lipinski definition) is 1. The van der Waals surface area contributed by atoms with E-state index in [1.807, 2.05) is 6.07 Å². The molecule has 1 heterocycles. The second-order valence-corrected chi connectivity index (χ2v) is 7.23. The summed E-state index contributed by atoms with van der Waals surface area (Å²) in [5, 5.41) is 8.85. The quantitative estimate of drug-likeness (QED) is 0.688. The van der Waals surface area contributed by atoms with Crippen LogP contribution in [0.15, 0.2) is 17.2 Å². The van der Waals surface area contributed by atoms with Gasteiger partial charge in [-0.3, -0.25) is 0 Å². The standard InChI is InChI=1S/C7H13N3S/c1-11(2,3)7-5-4-6(8)9-10-7/h4-5H,1-3H3,(H2,8,9). The van der Waals surface area contributed by atoms with Gasteiger partial charge in [-0.2, -0.15) is 0 Å². The fraction of sp³-hybridized carbons (Fsp3) is 0.429. The molecule has 11 heavy (non-hydrogen) atoms. The molecular formula is C7H13N3S. The fourth-order valence-electron chi connectivity index (χ4n) is 0.657. The van der Waals surface area contributed by atoms with Crippen molar-refractivity contribution in [2.24, 2.45) is 0 Å². The molecule has 0 atom stereocenters. The van der Waals surface area contributed by atoms with Crippen molar-refractivity contribution in [1.82, 2.24) is 10.2 Å². The van der Waals surface area contributed by atoms with Crippen LogP contribution in [0.4, 0.5) is 5.82 Å². The molecule has 0 fully saturated rings. The molecule has 0 aliphatic rings. The minimum absolute atomic E-state index is 0.484. The molecule has 3 nitrogen and oxygen atoms in total. The number of nitrogens with two attached hydrogens (primary N) is 1. The molecule has 0 amide bonds. The molecule has 4 heteroatoms. The van der Waals surface area contributed by atoms with E-state index in [0.717, 1.165) is 5.03 Å². The summed E-state index contributed by atoms with van der Waals surface area (Å²) in [6, 6.07) is 3.73. The van der Waals surface area contributed by atoms with Crippen molar-refractivity contribution in [2.75, 3.05) is 24.5 Å². The average Bonchev–Trinajstić information content (AvgIpc) is 1.86. The zero-order chi connectivity index (χ0) is 8.48. The van der Waals surface area contributed by atoms with Crippen LogP contribution in [0.25, 0.3) is 0 Å². The van der Waals surface area contributed by atoms with Crippen LogP contribution in [-0.2, 0) is 0 Å². The van der Waals surface area contributed by atoms with E-state index in [0.29, 0.717) is 5.82 Å². The van der Waals surface area contributed by atoms with E-state index in [1.54, 1.807) is 6.07 Å². The lowest BCUT2D eigenvalue weighted by molar-refractivity contribution is 0.934. The Kier molecular flexibility index (Phi) is 2.04. The first-order valence-corrected chi connectivity index (χ1v) is 6.13. The highest BCUT2D eigenvalue weighted by Gasteiger charge is 2.08. The van der Waals surface area contributed by atoms with Gasteiger partial charge in [-0.05, 0) is 30.9 Å². The third kappa shape index (κ3) is 2.08. The van der Waals surface area contributed by atoms with E-state index in [-0.39, 0.29) is 0 Å². The number of rotatable bonds is 1. The largest absolute Gasteiger partial charge is 0.382 e. The molecule has 2 N–H and O–H groups in total. The first-order valence-electron chi connectivity index (χ1n) is 3.28. The molecule has 0 spiro atoms. The van der Waals surface area contributed by atoms with Crippen LogP contribution < -0.4 is 5.73 Å². The predicted octanol–water partition coefficient (Wildman–Crippen LogP) is 1.11. The zero-order valence-corrected chi connectivity index (χ0v) is 7.85. The molecule has 0 saturated carbocycles. The zero-order valence-electron chi connectivity index (χ0n) is 7.03.